The van der Waals surface area contributed by atoms with Crippen molar-refractivity contribution >= 4 is 32.3 Å². The number of benzene rings is 6. The summed E-state index contributed by atoms with van der Waals surface area (Å²) in [4.78, 5) is 0. The fraction of sp³-hybridized carbons (Fsp3) is 0.0345. The lowest BCUT2D eigenvalue weighted by Crippen LogP contribution is -2.15. The number of halogens is 17. The maximum absolute atomic E-state index is 15.9. The van der Waals surface area contributed by atoms with E-state index in [2.05, 4.69) is 0 Å². The Balaban J connectivity index is 1.84. The van der Waals surface area contributed by atoms with Gasteiger partial charge in [-0.2, -0.15) is 0 Å². The van der Waals surface area contributed by atoms with Crippen molar-refractivity contribution in [2.75, 3.05) is 0 Å². The van der Waals surface area contributed by atoms with E-state index in [4.69, 9.17) is 0 Å². The Bertz CT molecular complexity index is 2350. The number of fused-ring (bicyclic) bond motifs is 3. The first-order chi connectivity index (χ1) is 21.5. The van der Waals surface area contributed by atoms with Crippen LogP contribution in [0.15, 0.2) is 0 Å². The summed E-state index contributed by atoms with van der Waals surface area (Å²) in [6.07, 6.45) is 0. The van der Waals surface area contributed by atoms with E-state index < -0.39 is 165 Å². The van der Waals surface area contributed by atoms with Crippen LogP contribution in [0.1, 0.15) is 22.6 Å². The number of rotatable bonds is 1. The van der Waals surface area contributed by atoms with E-state index in [0.717, 1.165) is 0 Å². The Morgan fingerprint density at radius 3 is 0.826 bits per heavy atom. The van der Waals surface area contributed by atoms with Crippen molar-refractivity contribution in [2.24, 2.45) is 0 Å². The van der Waals surface area contributed by atoms with E-state index in [1.807, 2.05) is 0 Å². The zero-order chi connectivity index (χ0) is 33.7. The molecule has 0 atom stereocenters. The third-order valence-electron chi connectivity index (χ3n) is 7.98. The zero-order valence-electron chi connectivity index (χ0n) is 21.0. The molecule has 7 rings (SSSR count). The van der Waals surface area contributed by atoms with E-state index in [9.17, 15) is 35.1 Å². The van der Waals surface area contributed by atoms with Crippen LogP contribution < -0.4 is 0 Å². The number of hydrogen-bond donors (Lipinski definition) is 0. The van der Waals surface area contributed by atoms with Gasteiger partial charge in [-0.25, -0.2) is 74.6 Å². The van der Waals surface area contributed by atoms with Crippen LogP contribution in [0.5, 0.6) is 0 Å². The van der Waals surface area contributed by atoms with Crippen LogP contribution in [0.3, 0.4) is 0 Å². The Hall–Kier alpha value is -4.83. The second-order valence-corrected chi connectivity index (χ2v) is 10.0. The molecule has 0 amide bonds. The molecule has 0 N–H and O–H groups in total. The van der Waals surface area contributed by atoms with Gasteiger partial charge in [-0.1, -0.05) is 0 Å². The van der Waals surface area contributed by atoms with Crippen molar-refractivity contribution < 1.29 is 74.6 Å². The molecule has 0 aromatic heterocycles. The molecule has 0 unspecified atom stereocenters. The molecule has 1 aliphatic carbocycles. The Kier molecular flexibility index (Phi) is 5.92. The Morgan fingerprint density at radius 2 is 0.435 bits per heavy atom. The third-order valence-corrected chi connectivity index (χ3v) is 7.98. The summed E-state index contributed by atoms with van der Waals surface area (Å²) in [5, 5.41) is -11.6. The van der Waals surface area contributed by atoms with Gasteiger partial charge >= 0.3 is 0 Å². The average molecular weight is 672 g/mol. The third kappa shape index (κ3) is 3.12. The molecule has 0 spiro atoms. The smallest absolute Gasteiger partial charge is 0.198 e. The zero-order valence-corrected chi connectivity index (χ0v) is 21.0. The van der Waals surface area contributed by atoms with Crippen molar-refractivity contribution in [1.29, 1.82) is 0 Å². The van der Waals surface area contributed by atoms with E-state index in [-0.39, 0.29) is 0 Å². The largest absolute Gasteiger partial charge is 0.203 e. The molecule has 0 aliphatic heterocycles. The maximum Gasteiger partial charge on any atom is 0.198 e. The van der Waals surface area contributed by atoms with Gasteiger partial charge in [0.15, 0.2) is 98.9 Å². The molecular weight excluding hydrogens is 671 g/mol. The Labute approximate surface area is 240 Å². The lowest BCUT2D eigenvalue weighted by Gasteiger charge is -2.23. The predicted octanol–water partition coefficient (Wildman–Crippen LogP) is 10.1. The second kappa shape index (κ2) is 9.13. The van der Waals surface area contributed by atoms with Crippen LogP contribution in [-0.2, 0) is 0 Å². The minimum absolute atomic E-state index is 1.73. The SMILES string of the molecule is Fc1c(F)c(F)c2c(c1F)-c1c(F)c(F)c(F)c(F)c1C2c1c(F)c(F)c2c(F)c(F)c3c(F)c(F)c(F)c4c(F)c(F)c1c2c34. The van der Waals surface area contributed by atoms with Crippen LogP contribution in [0.4, 0.5) is 74.6 Å². The fourth-order valence-corrected chi connectivity index (χ4v) is 6.19. The molecular formula is C29HF17. The standard InChI is InChI=1S/C29HF17/c30-13-4-1-2-11(20(13)37)23(40)25(42)24(41)12(2)22(39)21(38)10(1)19(36)14(31)5(4)3-6-8(17(34)28(45)26(43)15(6)32)9-7(3)16(33)27(44)29(46)18(9)35/h3H. The first kappa shape index (κ1) is 29.9. The summed E-state index contributed by atoms with van der Waals surface area (Å²) in [6.45, 7) is 0. The number of hydrogen-bond acceptors (Lipinski definition) is 0. The highest BCUT2D eigenvalue weighted by molar-refractivity contribution is 6.25. The van der Waals surface area contributed by atoms with Gasteiger partial charge in [-0.05, 0) is 0 Å². The van der Waals surface area contributed by atoms with Gasteiger partial charge in [-0.15, -0.1) is 0 Å². The van der Waals surface area contributed by atoms with E-state index in [1.165, 1.54) is 0 Å². The van der Waals surface area contributed by atoms with Gasteiger partial charge in [0.05, 0.1) is 16.2 Å². The van der Waals surface area contributed by atoms with Crippen molar-refractivity contribution in [2.45, 2.75) is 5.92 Å². The van der Waals surface area contributed by atoms with E-state index >= 15 is 39.5 Å². The molecule has 0 fully saturated rings. The van der Waals surface area contributed by atoms with Crippen LogP contribution >= 0.6 is 0 Å². The quantitative estimate of drug-likeness (QED) is 0.0705. The molecule has 0 heterocycles. The lowest BCUT2D eigenvalue weighted by atomic mass is 9.81. The highest BCUT2D eigenvalue weighted by atomic mass is 19.2. The summed E-state index contributed by atoms with van der Waals surface area (Å²) < 4.78 is 255. The summed E-state index contributed by atoms with van der Waals surface area (Å²) in [7, 11) is 0. The van der Waals surface area contributed by atoms with Crippen LogP contribution in [-0.4, -0.2) is 0 Å². The molecule has 0 saturated heterocycles. The van der Waals surface area contributed by atoms with Gasteiger partial charge in [0, 0.05) is 49.9 Å². The molecule has 17 heteroatoms. The van der Waals surface area contributed by atoms with Crippen LogP contribution in [0.25, 0.3) is 43.4 Å². The molecule has 0 bridgehead atoms. The molecule has 0 saturated carbocycles. The molecule has 6 aromatic rings. The summed E-state index contributed by atoms with van der Waals surface area (Å²) in [5.41, 5.74) is -10.1. The monoisotopic (exact) mass is 672 g/mol. The van der Waals surface area contributed by atoms with E-state index in [1.54, 1.807) is 0 Å². The molecule has 0 nitrogen and oxygen atoms in total. The first-order valence-corrected chi connectivity index (χ1v) is 12.1. The average Bonchev–Trinajstić information content (AvgIpc) is 3.37. The van der Waals surface area contributed by atoms with E-state index in [0.29, 0.717) is 0 Å². The summed E-state index contributed by atoms with van der Waals surface area (Å²) >= 11 is 0. The normalized spacial score (nSPS) is 13.2. The first-order valence-electron chi connectivity index (χ1n) is 12.1. The van der Waals surface area contributed by atoms with Gasteiger partial charge < -0.3 is 0 Å². The van der Waals surface area contributed by atoms with Crippen molar-refractivity contribution in [1.82, 2.24) is 0 Å². The highest BCUT2D eigenvalue weighted by Gasteiger charge is 2.48. The lowest BCUT2D eigenvalue weighted by molar-refractivity contribution is 0.405. The predicted molar refractivity (Wildman–Crippen MR) is 122 cm³/mol. The highest BCUT2D eigenvalue weighted by Crippen LogP contribution is 2.57. The fourth-order valence-electron chi connectivity index (χ4n) is 6.19. The Morgan fingerprint density at radius 1 is 0.196 bits per heavy atom. The molecule has 6 aromatic carbocycles. The molecule has 236 valence electrons. The summed E-state index contributed by atoms with van der Waals surface area (Å²) in [6, 6.07) is 0. The maximum atomic E-state index is 15.9. The van der Waals surface area contributed by atoms with Crippen molar-refractivity contribution in [3.05, 3.63) is 116 Å². The van der Waals surface area contributed by atoms with Gasteiger partial charge in [0.2, 0.25) is 0 Å². The molecule has 0 radical (unpaired) electrons. The topological polar surface area (TPSA) is 0 Å². The minimum atomic E-state index is -3.34. The second-order valence-electron chi connectivity index (χ2n) is 10.0. The van der Waals surface area contributed by atoms with Crippen LogP contribution in [0.2, 0.25) is 0 Å². The molecule has 1 aliphatic rings. The van der Waals surface area contributed by atoms with Crippen molar-refractivity contribution in [3.8, 4) is 11.1 Å². The van der Waals surface area contributed by atoms with Gasteiger partial charge in [0.25, 0.3) is 0 Å². The van der Waals surface area contributed by atoms with Crippen molar-refractivity contribution in [3.63, 3.8) is 0 Å². The summed E-state index contributed by atoms with van der Waals surface area (Å²) in [5.74, 6) is -49.3. The van der Waals surface area contributed by atoms with Crippen LogP contribution in [0, 0.1) is 98.9 Å². The minimum Gasteiger partial charge on any atom is -0.203 e. The van der Waals surface area contributed by atoms with Gasteiger partial charge in [0.1, 0.15) is 0 Å². The van der Waals surface area contributed by atoms with Gasteiger partial charge in [-0.3, -0.25) is 0 Å². The molecule has 46 heavy (non-hydrogen) atoms.